The lowest BCUT2D eigenvalue weighted by Crippen LogP contribution is -2.08. The zero-order chi connectivity index (χ0) is 15.2. The number of carbonyl (C=O) groups excluding carboxylic acids is 1. The Morgan fingerprint density at radius 2 is 1.95 bits per heavy atom. The van der Waals surface area contributed by atoms with Gasteiger partial charge in [0, 0.05) is 18.2 Å². The first-order valence-electron chi connectivity index (χ1n) is 6.40. The molecule has 0 bridgehead atoms. The van der Waals surface area contributed by atoms with Crippen molar-refractivity contribution in [2.45, 2.75) is 20.0 Å². The zero-order valence-corrected chi connectivity index (χ0v) is 11.4. The highest BCUT2D eigenvalue weighted by Gasteiger charge is 2.12. The summed E-state index contributed by atoms with van der Waals surface area (Å²) >= 11 is 0. The molecule has 0 aliphatic heterocycles. The molecule has 0 amide bonds. The molecule has 0 spiro atoms. The van der Waals surface area contributed by atoms with E-state index in [1.54, 1.807) is 31.2 Å². The minimum absolute atomic E-state index is 0.00952. The van der Waals surface area contributed by atoms with Gasteiger partial charge in [-0.05, 0) is 24.3 Å². The highest BCUT2D eigenvalue weighted by Crippen LogP contribution is 2.15. The van der Waals surface area contributed by atoms with Crippen LogP contribution < -0.4 is 4.74 Å². The second-order valence-electron chi connectivity index (χ2n) is 4.28. The summed E-state index contributed by atoms with van der Waals surface area (Å²) in [5.74, 6) is -0.499. The number of rotatable bonds is 6. The third-order valence-electron chi connectivity index (χ3n) is 2.90. The van der Waals surface area contributed by atoms with E-state index in [-0.39, 0.29) is 18.0 Å². The second kappa shape index (κ2) is 6.60. The van der Waals surface area contributed by atoms with Gasteiger partial charge in [-0.1, -0.05) is 6.92 Å². The maximum Gasteiger partial charge on any atom is 0.339 e. The number of ketones is 1. The monoisotopic (exact) mass is 286 g/mol. The number of Topliss-reactive ketones (excluding diaryl/α,β-unsaturated/α-hetero) is 1. The third kappa shape index (κ3) is 3.62. The van der Waals surface area contributed by atoms with E-state index in [1.165, 1.54) is 12.5 Å². The number of aromatic carboxylic acids is 1. The molecule has 0 saturated carbocycles. The van der Waals surface area contributed by atoms with Gasteiger partial charge in [0.15, 0.2) is 5.78 Å². The van der Waals surface area contributed by atoms with Crippen LogP contribution in [0.25, 0.3) is 0 Å². The van der Waals surface area contributed by atoms with Gasteiger partial charge in [-0.3, -0.25) is 4.79 Å². The van der Waals surface area contributed by atoms with Crippen LogP contribution in [0.2, 0.25) is 0 Å². The number of carbonyl (C=O) groups is 2. The van der Waals surface area contributed by atoms with Gasteiger partial charge < -0.3 is 9.84 Å². The molecule has 1 aromatic heterocycles. The summed E-state index contributed by atoms with van der Waals surface area (Å²) in [5, 5.41) is 9.01. The summed E-state index contributed by atoms with van der Waals surface area (Å²) in [6.07, 6.45) is 2.95. The molecule has 21 heavy (non-hydrogen) atoms. The van der Waals surface area contributed by atoms with E-state index in [1.807, 2.05) is 0 Å². The predicted molar refractivity (Wildman–Crippen MR) is 74.4 cm³/mol. The predicted octanol–water partition coefficient (Wildman–Crippen LogP) is 2.35. The van der Waals surface area contributed by atoms with Gasteiger partial charge >= 0.3 is 5.97 Å². The lowest BCUT2D eigenvalue weighted by Gasteiger charge is -2.08. The molecule has 2 rings (SSSR count). The molecule has 1 heterocycles. The average Bonchev–Trinajstić information content (AvgIpc) is 2.52. The van der Waals surface area contributed by atoms with E-state index in [2.05, 4.69) is 9.97 Å². The molecule has 0 saturated heterocycles. The van der Waals surface area contributed by atoms with Gasteiger partial charge in [-0.25, -0.2) is 14.8 Å². The quantitative estimate of drug-likeness (QED) is 0.820. The Kier molecular flexibility index (Phi) is 4.61. The van der Waals surface area contributed by atoms with E-state index in [0.29, 0.717) is 23.4 Å². The Morgan fingerprint density at radius 3 is 2.57 bits per heavy atom. The molecule has 6 heteroatoms. The normalized spacial score (nSPS) is 10.1. The van der Waals surface area contributed by atoms with Crippen LogP contribution in [-0.2, 0) is 6.61 Å². The van der Waals surface area contributed by atoms with Crippen molar-refractivity contribution in [3.05, 3.63) is 53.6 Å². The van der Waals surface area contributed by atoms with E-state index >= 15 is 0 Å². The second-order valence-corrected chi connectivity index (χ2v) is 4.28. The van der Waals surface area contributed by atoms with Crippen LogP contribution in [-0.4, -0.2) is 26.8 Å². The smallest absolute Gasteiger partial charge is 0.339 e. The van der Waals surface area contributed by atoms with Crippen molar-refractivity contribution >= 4 is 11.8 Å². The summed E-state index contributed by atoms with van der Waals surface area (Å²) in [5.41, 5.74) is 0.930. The fraction of sp³-hybridized carbons (Fsp3) is 0.200. The maximum atomic E-state index is 11.5. The summed E-state index contributed by atoms with van der Waals surface area (Å²) in [6, 6.07) is 6.70. The molecule has 108 valence electrons. The first-order valence-corrected chi connectivity index (χ1v) is 6.40. The van der Waals surface area contributed by atoms with E-state index < -0.39 is 5.97 Å². The summed E-state index contributed by atoms with van der Waals surface area (Å²) in [6.45, 7) is 1.82. The number of benzene rings is 1. The van der Waals surface area contributed by atoms with Crippen LogP contribution in [0.5, 0.6) is 5.75 Å². The van der Waals surface area contributed by atoms with Gasteiger partial charge in [0.25, 0.3) is 0 Å². The lowest BCUT2D eigenvalue weighted by atomic mass is 10.1. The molecule has 0 atom stereocenters. The number of hydrogen-bond acceptors (Lipinski definition) is 5. The van der Waals surface area contributed by atoms with Crippen LogP contribution in [0.1, 0.15) is 39.8 Å². The van der Waals surface area contributed by atoms with E-state index in [9.17, 15) is 9.59 Å². The minimum atomic E-state index is -1.10. The SMILES string of the molecule is CCC(=O)c1ccc(OCc2ncncc2C(=O)O)cc1. The summed E-state index contributed by atoms with van der Waals surface area (Å²) in [7, 11) is 0. The highest BCUT2D eigenvalue weighted by atomic mass is 16.5. The molecular formula is C15H14N2O4. The molecule has 0 aliphatic carbocycles. The van der Waals surface area contributed by atoms with Crippen molar-refractivity contribution in [1.29, 1.82) is 0 Å². The molecule has 0 aliphatic rings. The lowest BCUT2D eigenvalue weighted by molar-refractivity contribution is 0.0692. The minimum Gasteiger partial charge on any atom is -0.487 e. The first-order chi connectivity index (χ1) is 10.1. The number of carboxylic acid groups (broad SMARTS) is 1. The Bertz CT molecular complexity index is 653. The van der Waals surface area contributed by atoms with Crippen molar-refractivity contribution in [1.82, 2.24) is 9.97 Å². The molecule has 0 fully saturated rings. The number of carboxylic acids is 1. The summed E-state index contributed by atoms with van der Waals surface area (Å²) in [4.78, 5) is 30.1. The van der Waals surface area contributed by atoms with E-state index in [0.717, 1.165) is 0 Å². The molecular weight excluding hydrogens is 272 g/mol. The van der Waals surface area contributed by atoms with Crippen molar-refractivity contribution in [3.63, 3.8) is 0 Å². The molecule has 1 N–H and O–H groups in total. The van der Waals surface area contributed by atoms with Gasteiger partial charge in [0.05, 0.1) is 5.69 Å². The number of hydrogen-bond donors (Lipinski definition) is 1. The van der Waals surface area contributed by atoms with Gasteiger partial charge in [0.1, 0.15) is 24.2 Å². The largest absolute Gasteiger partial charge is 0.487 e. The van der Waals surface area contributed by atoms with E-state index in [4.69, 9.17) is 9.84 Å². The Morgan fingerprint density at radius 1 is 1.24 bits per heavy atom. The Labute approximate surface area is 121 Å². The van der Waals surface area contributed by atoms with Crippen LogP contribution in [0.3, 0.4) is 0 Å². The van der Waals surface area contributed by atoms with Crippen LogP contribution in [0.4, 0.5) is 0 Å². The van der Waals surface area contributed by atoms with Crippen LogP contribution in [0.15, 0.2) is 36.8 Å². The highest BCUT2D eigenvalue weighted by molar-refractivity contribution is 5.95. The topological polar surface area (TPSA) is 89.4 Å². The van der Waals surface area contributed by atoms with Crippen molar-refractivity contribution < 1.29 is 19.4 Å². The molecule has 2 aromatic rings. The number of aromatic nitrogens is 2. The van der Waals surface area contributed by atoms with Crippen LogP contribution in [0, 0.1) is 0 Å². The van der Waals surface area contributed by atoms with Crippen molar-refractivity contribution in [3.8, 4) is 5.75 Å². The Balaban J connectivity index is 2.07. The standard InChI is InChI=1S/C15H14N2O4/c1-2-14(18)10-3-5-11(6-4-10)21-8-13-12(15(19)20)7-16-9-17-13/h3-7,9H,2,8H2,1H3,(H,19,20). The summed E-state index contributed by atoms with van der Waals surface area (Å²) < 4.78 is 5.49. The zero-order valence-electron chi connectivity index (χ0n) is 11.4. The maximum absolute atomic E-state index is 11.5. The molecule has 6 nitrogen and oxygen atoms in total. The van der Waals surface area contributed by atoms with Gasteiger partial charge in [-0.15, -0.1) is 0 Å². The fourth-order valence-electron chi connectivity index (χ4n) is 1.74. The van der Waals surface area contributed by atoms with Gasteiger partial charge in [0.2, 0.25) is 0 Å². The van der Waals surface area contributed by atoms with Crippen LogP contribution >= 0.6 is 0 Å². The average molecular weight is 286 g/mol. The third-order valence-corrected chi connectivity index (χ3v) is 2.90. The number of ether oxygens (including phenoxy) is 1. The number of nitrogens with zero attached hydrogens (tertiary/aromatic N) is 2. The molecule has 1 aromatic carbocycles. The first kappa shape index (κ1) is 14.6. The van der Waals surface area contributed by atoms with Crippen molar-refractivity contribution in [2.24, 2.45) is 0 Å². The van der Waals surface area contributed by atoms with Gasteiger partial charge in [-0.2, -0.15) is 0 Å². The fourth-order valence-corrected chi connectivity index (χ4v) is 1.74. The molecule has 0 unspecified atom stereocenters. The molecule has 0 radical (unpaired) electrons. The van der Waals surface area contributed by atoms with Crippen molar-refractivity contribution in [2.75, 3.05) is 0 Å². The Hall–Kier alpha value is -2.76.